The van der Waals surface area contributed by atoms with Crippen LogP contribution in [-0.2, 0) is 15.0 Å². The third-order valence-electron chi connectivity index (χ3n) is 6.25. The Morgan fingerprint density at radius 3 is 2.24 bits per heavy atom. The molecular formula is C28H35NO5. The number of hydrogen-bond donors (Lipinski definition) is 1. The van der Waals surface area contributed by atoms with Crippen molar-refractivity contribution in [2.75, 3.05) is 20.8 Å². The van der Waals surface area contributed by atoms with Crippen molar-refractivity contribution in [1.82, 2.24) is 4.90 Å². The van der Waals surface area contributed by atoms with Gasteiger partial charge in [0.2, 0.25) is 0 Å². The number of unbranched alkanes of at least 4 members (excludes halogenated alkanes) is 2. The van der Waals surface area contributed by atoms with Crippen molar-refractivity contribution in [2.45, 2.75) is 58.4 Å². The van der Waals surface area contributed by atoms with Gasteiger partial charge < -0.3 is 19.5 Å². The Labute approximate surface area is 202 Å². The van der Waals surface area contributed by atoms with Gasteiger partial charge in [0, 0.05) is 17.7 Å². The topological polar surface area (TPSA) is 76.1 Å². The van der Waals surface area contributed by atoms with Crippen LogP contribution in [0, 0.1) is 0 Å². The number of amides is 1. The summed E-state index contributed by atoms with van der Waals surface area (Å²) in [6.45, 7) is 8.70. The molecule has 34 heavy (non-hydrogen) atoms. The highest BCUT2D eigenvalue weighted by Crippen LogP contribution is 2.41. The van der Waals surface area contributed by atoms with E-state index >= 15 is 0 Å². The van der Waals surface area contributed by atoms with Crippen LogP contribution < -0.4 is 9.47 Å². The fourth-order valence-electron chi connectivity index (χ4n) is 4.37. The van der Waals surface area contributed by atoms with Crippen LogP contribution in [0.2, 0.25) is 0 Å². The maximum absolute atomic E-state index is 13.2. The Morgan fingerprint density at radius 2 is 1.68 bits per heavy atom. The number of rotatable bonds is 8. The molecule has 0 aromatic heterocycles. The second-order valence-electron chi connectivity index (χ2n) is 9.64. The molecule has 2 aromatic carbocycles. The van der Waals surface area contributed by atoms with Gasteiger partial charge in [-0.05, 0) is 47.7 Å². The van der Waals surface area contributed by atoms with Gasteiger partial charge in [-0.1, -0.05) is 52.7 Å². The Balaban J connectivity index is 2.17. The van der Waals surface area contributed by atoms with E-state index in [0.29, 0.717) is 23.6 Å². The standard InChI is InChI=1S/C28H35NO5/c1-7-8-9-16-29-24(18-10-13-20(33-5)14-11-18)23(26(31)27(29)32)25(30)19-12-15-22(34-6)21(17-19)28(2,3)4/h10-15,17,24,30H,7-9,16H2,1-6H3/b25-23-. The first-order chi connectivity index (χ1) is 16.1. The van der Waals surface area contributed by atoms with Crippen molar-refractivity contribution in [3.05, 3.63) is 64.7 Å². The van der Waals surface area contributed by atoms with Gasteiger partial charge in [-0.25, -0.2) is 0 Å². The van der Waals surface area contributed by atoms with E-state index in [4.69, 9.17) is 9.47 Å². The van der Waals surface area contributed by atoms with Crippen molar-refractivity contribution in [3.8, 4) is 11.5 Å². The molecule has 0 radical (unpaired) electrons. The molecule has 0 bridgehead atoms. The fraction of sp³-hybridized carbons (Fsp3) is 0.429. The molecule has 2 aromatic rings. The smallest absolute Gasteiger partial charge is 0.295 e. The van der Waals surface area contributed by atoms with Gasteiger partial charge in [-0.15, -0.1) is 0 Å². The summed E-state index contributed by atoms with van der Waals surface area (Å²) < 4.78 is 10.8. The fourth-order valence-corrected chi connectivity index (χ4v) is 4.37. The number of likely N-dealkylation sites (tertiary alicyclic amines) is 1. The Bertz CT molecular complexity index is 1080. The van der Waals surface area contributed by atoms with Crippen molar-refractivity contribution in [3.63, 3.8) is 0 Å². The van der Waals surface area contributed by atoms with E-state index in [2.05, 4.69) is 27.7 Å². The molecule has 1 aliphatic rings. The molecule has 0 spiro atoms. The normalized spacial score (nSPS) is 17.8. The molecule has 1 atom stereocenters. The van der Waals surface area contributed by atoms with E-state index in [1.54, 1.807) is 43.4 Å². The predicted octanol–water partition coefficient (Wildman–Crippen LogP) is 5.61. The van der Waals surface area contributed by atoms with Crippen LogP contribution in [0.25, 0.3) is 5.76 Å². The first kappa shape index (κ1) is 25.3. The van der Waals surface area contributed by atoms with Crippen LogP contribution in [0.3, 0.4) is 0 Å². The van der Waals surface area contributed by atoms with Crippen molar-refractivity contribution >= 4 is 17.4 Å². The number of hydrogen-bond acceptors (Lipinski definition) is 5. The third kappa shape index (κ3) is 4.96. The van der Waals surface area contributed by atoms with Crippen LogP contribution in [0.5, 0.6) is 11.5 Å². The first-order valence-electron chi connectivity index (χ1n) is 11.7. The van der Waals surface area contributed by atoms with Gasteiger partial charge in [0.05, 0.1) is 25.8 Å². The van der Waals surface area contributed by atoms with E-state index in [1.165, 1.54) is 0 Å². The van der Waals surface area contributed by atoms with Gasteiger partial charge in [-0.2, -0.15) is 0 Å². The molecule has 1 N–H and O–H groups in total. The summed E-state index contributed by atoms with van der Waals surface area (Å²) in [5, 5.41) is 11.4. The number of carbonyl (C=O) groups excluding carboxylic acids is 2. The van der Waals surface area contributed by atoms with E-state index in [9.17, 15) is 14.7 Å². The molecule has 1 fully saturated rings. The van der Waals surface area contributed by atoms with Crippen LogP contribution in [0.4, 0.5) is 0 Å². The van der Waals surface area contributed by atoms with E-state index in [0.717, 1.165) is 30.4 Å². The molecule has 3 rings (SSSR count). The Morgan fingerprint density at radius 1 is 1.00 bits per heavy atom. The van der Waals surface area contributed by atoms with Crippen molar-refractivity contribution < 1.29 is 24.2 Å². The van der Waals surface area contributed by atoms with Crippen LogP contribution in [0.15, 0.2) is 48.0 Å². The third-order valence-corrected chi connectivity index (χ3v) is 6.25. The van der Waals surface area contributed by atoms with Gasteiger partial charge in [-0.3, -0.25) is 9.59 Å². The maximum Gasteiger partial charge on any atom is 0.295 e. The van der Waals surface area contributed by atoms with E-state index in [1.807, 2.05) is 18.2 Å². The zero-order valence-corrected chi connectivity index (χ0v) is 21.0. The average molecular weight is 466 g/mol. The first-order valence-corrected chi connectivity index (χ1v) is 11.7. The second kappa shape index (κ2) is 10.3. The van der Waals surface area contributed by atoms with Gasteiger partial charge in [0.1, 0.15) is 17.3 Å². The number of benzene rings is 2. The molecular weight excluding hydrogens is 430 g/mol. The lowest BCUT2D eigenvalue weighted by Gasteiger charge is -2.26. The Kier molecular flexibility index (Phi) is 7.70. The molecule has 0 aliphatic carbocycles. The van der Waals surface area contributed by atoms with Gasteiger partial charge in [0.25, 0.3) is 11.7 Å². The summed E-state index contributed by atoms with van der Waals surface area (Å²) in [7, 11) is 3.19. The largest absolute Gasteiger partial charge is 0.507 e. The number of methoxy groups -OCH3 is 2. The summed E-state index contributed by atoms with van der Waals surface area (Å²) in [6, 6.07) is 12.0. The SMILES string of the molecule is CCCCCN1C(=O)C(=O)/C(=C(\O)c2ccc(OC)c(C(C)(C)C)c2)C1c1ccc(OC)cc1. The molecule has 1 amide bonds. The van der Waals surface area contributed by atoms with Crippen LogP contribution in [-0.4, -0.2) is 42.5 Å². The molecule has 182 valence electrons. The highest BCUT2D eigenvalue weighted by Gasteiger charge is 2.45. The minimum Gasteiger partial charge on any atom is -0.507 e. The van der Waals surface area contributed by atoms with Crippen LogP contribution in [0.1, 0.15) is 69.7 Å². The zero-order chi connectivity index (χ0) is 25.0. The number of carbonyl (C=O) groups is 2. The molecule has 1 heterocycles. The minimum absolute atomic E-state index is 0.108. The molecule has 1 unspecified atom stereocenters. The second-order valence-corrected chi connectivity index (χ2v) is 9.64. The number of ether oxygens (including phenoxy) is 2. The monoisotopic (exact) mass is 465 g/mol. The summed E-state index contributed by atoms with van der Waals surface area (Å²) >= 11 is 0. The summed E-state index contributed by atoms with van der Waals surface area (Å²) in [5.74, 6) is -0.0382. The summed E-state index contributed by atoms with van der Waals surface area (Å²) in [4.78, 5) is 27.9. The lowest BCUT2D eigenvalue weighted by molar-refractivity contribution is -0.139. The highest BCUT2D eigenvalue weighted by atomic mass is 16.5. The van der Waals surface area contributed by atoms with Crippen LogP contribution >= 0.6 is 0 Å². The molecule has 6 nitrogen and oxygen atoms in total. The molecule has 0 saturated carbocycles. The number of aliphatic hydroxyl groups excluding tert-OH is 1. The lowest BCUT2D eigenvalue weighted by Crippen LogP contribution is -2.30. The molecule has 6 heteroatoms. The average Bonchev–Trinajstić information content (AvgIpc) is 3.07. The quantitative estimate of drug-likeness (QED) is 0.237. The maximum atomic E-state index is 13.2. The van der Waals surface area contributed by atoms with Gasteiger partial charge >= 0.3 is 0 Å². The van der Waals surface area contributed by atoms with E-state index < -0.39 is 17.7 Å². The predicted molar refractivity (Wildman–Crippen MR) is 133 cm³/mol. The summed E-state index contributed by atoms with van der Waals surface area (Å²) in [5.41, 5.74) is 2.00. The van der Waals surface area contributed by atoms with Gasteiger partial charge in [0.15, 0.2) is 0 Å². The van der Waals surface area contributed by atoms with Crippen molar-refractivity contribution in [1.29, 1.82) is 0 Å². The molecule has 1 aliphatic heterocycles. The molecule has 1 saturated heterocycles. The van der Waals surface area contributed by atoms with E-state index in [-0.39, 0.29) is 16.7 Å². The number of ketones is 1. The number of Topliss-reactive ketones (excluding diaryl/α,β-unsaturated/α-hetero) is 1. The summed E-state index contributed by atoms with van der Waals surface area (Å²) in [6.07, 6.45) is 2.73. The van der Waals surface area contributed by atoms with Crippen molar-refractivity contribution in [2.24, 2.45) is 0 Å². The highest BCUT2D eigenvalue weighted by molar-refractivity contribution is 6.46. The number of nitrogens with zero attached hydrogens (tertiary/aromatic N) is 1. The Hall–Kier alpha value is -3.28. The lowest BCUT2D eigenvalue weighted by atomic mass is 9.84. The number of aliphatic hydroxyl groups is 1. The minimum atomic E-state index is -0.664. The zero-order valence-electron chi connectivity index (χ0n) is 21.0.